The first-order valence-corrected chi connectivity index (χ1v) is 6.59. The van der Waals surface area contributed by atoms with Crippen molar-refractivity contribution < 1.29 is 23.1 Å². The molecule has 23 heavy (non-hydrogen) atoms. The summed E-state index contributed by atoms with van der Waals surface area (Å²) in [6, 6.07) is 6.88. The van der Waals surface area contributed by atoms with Gasteiger partial charge in [-0.1, -0.05) is 18.1 Å². The van der Waals surface area contributed by atoms with E-state index in [0.717, 1.165) is 18.2 Å². The van der Waals surface area contributed by atoms with Crippen LogP contribution in [-0.4, -0.2) is 11.0 Å². The van der Waals surface area contributed by atoms with Gasteiger partial charge in [-0.3, -0.25) is 4.79 Å². The molecular formula is C17H12F3NO2. The van der Waals surface area contributed by atoms with Crippen LogP contribution in [0.5, 0.6) is 0 Å². The summed E-state index contributed by atoms with van der Waals surface area (Å²) in [5, 5.41) is 11.9. The number of rotatable bonds is 4. The molecule has 6 heteroatoms. The Balaban J connectivity index is 2.10. The van der Waals surface area contributed by atoms with E-state index in [4.69, 9.17) is 6.42 Å². The highest BCUT2D eigenvalue weighted by molar-refractivity contribution is 5.91. The lowest BCUT2D eigenvalue weighted by Crippen LogP contribution is -2.17. The molecule has 1 unspecified atom stereocenters. The zero-order chi connectivity index (χ0) is 17.0. The van der Waals surface area contributed by atoms with Crippen molar-refractivity contribution in [3.8, 4) is 12.3 Å². The van der Waals surface area contributed by atoms with E-state index in [9.17, 15) is 23.1 Å². The molecule has 0 fully saturated rings. The molecule has 1 amide bonds. The molecule has 3 nitrogen and oxygen atoms in total. The van der Waals surface area contributed by atoms with E-state index in [0.29, 0.717) is 0 Å². The van der Waals surface area contributed by atoms with Crippen molar-refractivity contribution in [2.24, 2.45) is 0 Å². The first-order chi connectivity index (χ1) is 10.9. The summed E-state index contributed by atoms with van der Waals surface area (Å²) in [5.41, 5.74) is -0.470. The number of hydrogen-bond donors (Lipinski definition) is 2. The fraction of sp³-hybridized carbons (Fsp3) is 0.118. The Morgan fingerprint density at radius 2 is 1.87 bits per heavy atom. The van der Waals surface area contributed by atoms with Crippen LogP contribution in [0.3, 0.4) is 0 Å². The molecule has 1 atom stereocenters. The molecule has 2 N–H and O–H groups in total. The van der Waals surface area contributed by atoms with Crippen LogP contribution in [0.15, 0.2) is 36.4 Å². The topological polar surface area (TPSA) is 49.3 Å². The lowest BCUT2D eigenvalue weighted by Gasteiger charge is -2.12. The SMILES string of the molecule is C#Cc1cc(F)c(NC(=O)CC(O)c2cccc(F)c2)c(F)c1. The fourth-order valence-corrected chi connectivity index (χ4v) is 1.97. The second-order valence-corrected chi connectivity index (χ2v) is 4.78. The van der Waals surface area contributed by atoms with Crippen LogP contribution in [0.25, 0.3) is 0 Å². The van der Waals surface area contributed by atoms with Crippen LogP contribution >= 0.6 is 0 Å². The lowest BCUT2D eigenvalue weighted by atomic mass is 10.1. The van der Waals surface area contributed by atoms with Crippen molar-refractivity contribution in [1.82, 2.24) is 0 Å². The zero-order valence-electron chi connectivity index (χ0n) is 11.8. The number of anilines is 1. The summed E-state index contributed by atoms with van der Waals surface area (Å²) in [5.74, 6) is -1.36. The molecular weight excluding hydrogens is 307 g/mol. The maximum Gasteiger partial charge on any atom is 0.227 e. The second-order valence-electron chi connectivity index (χ2n) is 4.78. The zero-order valence-corrected chi connectivity index (χ0v) is 11.8. The number of benzene rings is 2. The van der Waals surface area contributed by atoms with Gasteiger partial charge in [0, 0.05) is 5.56 Å². The Bertz CT molecular complexity index is 761. The van der Waals surface area contributed by atoms with E-state index in [1.165, 1.54) is 18.2 Å². The Morgan fingerprint density at radius 3 is 2.43 bits per heavy atom. The smallest absolute Gasteiger partial charge is 0.227 e. The van der Waals surface area contributed by atoms with Gasteiger partial charge in [0.15, 0.2) is 11.6 Å². The third-order valence-corrected chi connectivity index (χ3v) is 3.09. The van der Waals surface area contributed by atoms with Gasteiger partial charge < -0.3 is 10.4 Å². The largest absolute Gasteiger partial charge is 0.388 e. The summed E-state index contributed by atoms with van der Waals surface area (Å²) in [7, 11) is 0. The molecule has 0 radical (unpaired) electrons. The van der Waals surface area contributed by atoms with Crippen molar-refractivity contribution in [3.05, 3.63) is 65.0 Å². The number of amides is 1. The molecule has 0 heterocycles. The molecule has 0 aromatic heterocycles. The monoisotopic (exact) mass is 319 g/mol. The average molecular weight is 319 g/mol. The second kappa shape index (κ2) is 6.99. The molecule has 2 aromatic carbocycles. The van der Waals surface area contributed by atoms with Crippen LogP contribution in [0.1, 0.15) is 23.7 Å². The van der Waals surface area contributed by atoms with Gasteiger partial charge in [-0.15, -0.1) is 6.42 Å². The lowest BCUT2D eigenvalue weighted by molar-refractivity contribution is -0.118. The summed E-state index contributed by atoms with van der Waals surface area (Å²) >= 11 is 0. The molecule has 0 bridgehead atoms. The third kappa shape index (κ3) is 4.11. The minimum absolute atomic E-state index is 0.00204. The highest BCUT2D eigenvalue weighted by Crippen LogP contribution is 2.23. The van der Waals surface area contributed by atoms with Gasteiger partial charge in [0.05, 0.1) is 12.5 Å². The number of carbonyl (C=O) groups excluding carboxylic acids is 1. The highest BCUT2D eigenvalue weighted by atomic mass is 19.1. The van der Waals surface area contributed by atoms with Gasteiger partial charge in [-0.05, 0) is 29.8 Å². The Kier molecular flexibility index (Phi) is 5.04. The molecule has 2 aromatic rings. The molecule has 0 spiro atoms. The first-order valence-electron chi connectivity index (χ1n) is 6.59. The number of carbonyl (C=O) groups is 1. The molecule has 2 rings (SSSR count). The van der Waals surface area contributed by atoms with Gasteiger partial charge in [0.2, 0.25) is 5.91 Å². The third-order valence-electron chi connectivity index (χ3n) is 3.09. The minimum Gasteiger partial charge on any atom is -0.388 e. The van der Waals surface area contributed by atoms with Gasteiger partial charge in [-0.2, -0.15) is 0 Å². The summed E-state index contributed by atoms with van der Waals surface area (Å²) in [6.07, 6.45) is 3.26. The highest BCUT2D eigenvalue weighted by Gasteiger charge is 2.17. The van der Waals surface area contributed by atoms with E-state index in [1.54, 1.807) is 0 Å². The van der Waals surface area contributed by atoms with E-state index in [2.05, 4.69) is 5.92 Å². The van der Waals surface area contributed by atoms with Crippen LogP contribution in [0.4, 0.5) is 18.9 Å². The van der Waals surface area contributed by atoms with Gasteiger partial charge >= 0.3 is 0 Å². The molecule has 0 saturated carbocycles. The summed E-state index contributed by atoms with van der Waals surface area (Å²) in [6.45, 7) is 0. The van der Waals surface area contributed by atoms with Crippen LogP contribution < -0.4 is 5.32 Å². The van der Waals surface area contributed by atoms with Crippen molar-refractivity contribution in [3.63, 3.8) is 0 Å². The van der Waals surface area contributed by atoms with Crippen molar-refractivity contribution in [2.45, 2.75) is 12.5 Å². The number of hydrogen-bond acceptors (Lipinski definition) is 2. The minimum atomic E-state index is -1.30. The molecule has 0 saturated heterocycles. The van der Waals surface area contributed by atoms with E-state index >= 15 is 0 Å². The van der Waals surface area contributed by atoms with Gasteiger partial charge in [-0.25, -0.2) is 13.2 Å². The van der Waals surface area contributed by atoms with Gasteiger partial charge in [0.25, 0.3) is 0 Å². The van der Waals surface area contributed by atoms with Crippen molar-refractivity contribution in [2.75, 3.05) is 5.32 Å². The summed E-state index contributed by atoms with van der Waals surface area (Å²) < 4.78 is 40.5. The standard InChI is InChI=1S/C17H12F3NO2/c1-2-10-6-13(19)17(14(20)7-10)21-16(23)9-15(22)11-4-3-5-12(18)8-11/h1,3-8,15,22H,9H2,(H,21,23). The normalized spacial score (nSPS) is 11.6. The molecule has 118 valence electrons. The number of terminal acetylenes is 1. The number of halogens is 3. The first kappa shape index (κ1) is 16.6. The Labute approximate surface area is 130 Å². The number of nitrogens with one attached hydrogen (secondary N) is 1. The maximum atomic E-state index is 13.7. The van der Waals surface area contributed by atoms with Crippen molar-refractivity contribution in [1.29, 1.82) is 0 Å². The van der Waals surface area contributed by atoms with Gasteiger partial charge in [0.1, 0.15) is 11.5 Å². The van der Waals surface area contributed by atoms with Crippen LogP contribution in [-0.2, 0) is 4.79 Å². The van der Waals surface area contributed by atoms with E-state index < -0.39 is 41.6 Å². The number of aliphatic hydroxyl groups is 1. The quantitative estimate of drug-likeness (QED) is 0.851. The van der Waals surface area contributed by atoms with E-state index in [1.807, 2.05) is 5.32 Å². The predicted octanol–water partition coefficient (Wildman–Crippen LogP) is 3.15. The molecule has 0 aliphatic carbocycles. The molecule has 0 aliphatic rings. The van der Waals surface area contributed by atoms with E-state index in [-0.39, 0.29) is 11.1 Å². The Hall–Kier alpha value is -2.78. The predicted molar refractivity (Wildman–Crippen MR) is 78.9 cm³/mol. The Morgan fingerprint density at radius 1 is 1.22 bits per heavy atom. The average Bonchev–Trinajstić information content (AvgIpc) is 2.50. The van der Waals surface area contributed by atoms with Crippen LogP contribution in [0, 0.1) is 29.8 Å². The summed E-state index contributed by atoms with van der Waals surface area (Å²) in [4.78, 5) is 11.8. The van der Waals surface area contributed by atoms with Crippen molar-refractivity contribution >= 4 is 11.6 Å². The molecule has 0 aliphatic heterocycles. The fourth-order valence-electron chi connectivity index (χ4n) is 1.97. The number of aliphatic hydroxyl groups excluding tert-OH is 1. The van der Waals surface area contributed by atoms with Crippen LogP contribution in [0.2, 0.25) is 0 Å². The maximum absolute atomic E-state index is 13.7.